The second-order valence-corrected chi connectivity index (χ2v) is 5.12. The highest BCUT2D eigenvalue weighted by Crippen LogP contribution is 2.36. The minimum Gasteiger partial charge on any atom is -0.367 e. The van der Waals surface area contributed by atoms with E-state index in [0.717, 1.165) is 11.1 Å². The van der Waals surface area contributed by atoms with Crippen molar-refractivity contribution in [3.63, 3.8) is 0 Å². The molecular formula is C17H17NO2. The monoisotopic (exact) mass is 267 g/mol. The molecule has 0 radical (unpaired) electrons. The first-order chi connectivity index (χ1) is 9.75. The topological polar surface area (TPSA) is 29.5 Å². The van der Waals surface area contributed by atoms with E-state index in [-0.39, 0.29) is 17.9 Å². The highest BCUT2D eigenvalue weighted by atomic mass is 16.7. The quantitative estimate of drug-likeness (QED) is 0.854. The summed E-state index contributed by atoms with van der Waals surface area (Å²) in [7, 11) is 0. The van der Waals surface area contributed by atoms with E-state index in [1.54, 1.807) is 5.06 Å². The standard InChI is InChI=1S/C17H17NO2/c1-13-16(15-10-6-3-7-11-15)18(20-17(13)19)12-14-8-4-2-5-9-14/h2-11,13,16H,12H2,1H3. The average molecular weight is 267 g/mol. The molecule has 0 bridgehead atoms. The van der Waals surface area contributed by atoms with Gasteiger partial charge in [0.15, 0.2) is 0 Å². The van der Waals surface area contributed by atoms with Crippen LogP contribution in [0.25, 0.3) is 0 Å². The van der Waals surface area contributed by atoms with Gasteiger partial charge in [0, 0.05) is 0 Å². The number of hydroxylamine groups is 2. The van der Waals surface area contributed by atoms with E-state index in [2.05, 4.69) is 0 Å². The molecule has 2 aromatic carbocycles. The summed E-state index contributed by atoms with van der Waals surface area (Å²) in [6.45, 7) is 2.53. The molecule has 2 atom stereocenters. The summed E-state index contributed by atoms with van der Waals surface area (Å²) in [6.07, 6.45) is 0. The van der Waals surface area contributed by atoms with Gasteiger partial charge in [-0.2, -0.15) is 0 Å². The summed E-state index contributed by atoms with van der Waals surface area (Å²) < 4.78 is 0. The van der Waals surface area contributed by atoms with Crippen LogP contribution in [0.2, 0.25) is 0 Å². The van der Waals surface area contributed by atoms with Crippen LogP contribution in [0.4, 0.5) is 0 Å². The fourth-order valence-corrected chi connectivity index (χ4v) is 2.63. The number of carbonyl (C=O) groups is 1. The zero-order valence-electron chi connectivity index (χ0n) is 11.4. The third-order valence-electron chi connectivity index (χ3n) is 3.69. The first kappa shape index (κ1) is 12.9. The van der Waals surface area contributed by atoms with Gasteiger partial charge >= 0.3 is 5.97 Å². The Kier molecular flexibility index (Phi) is 3.52. The fourth-order valence-electron chi connectivity index (χ4n) is 2.63. The lowest BCUT2D eigenvalue weighted by Gasteiger charge is -2.23. The van der Waals surface area contributed by atoms with E-state index in [0.29, 0.717) is 6.54 Å². The number of rotatable bonds is 3. The van der Waals surface area contributed by atoms with Crippen LogP contribution in [0.1, 0.15) is 24.1 Å². The van der Waals surface area contributed by atoms with Crippen LogP contribution in [0.15, 0.2) is 60.7 Å². The van der Waals surface area contributed by atoms with Crippen molar-refractivity contribution in [3.8, 4) is 0 Å². The molecule has 3 heteroatoms. The smallest absolute Gasteiger partial charge is 0.329 e. The van der Waals surface area contributed by atoms with Crippen LogP contribution in [0, 0.1) is 5.92 Å². The molecular weight excluding hydrogens is 250 g/mol. The summed E-state index contributed by atoms with van der Waals surface area (Å²) in [4.78, 5) is 17.3. The lowest BCUT2D eigenvalue weighted by Crippen LogP contribution is -2.23. The predicted octanol–water partition coefficient (Wildman–Crippen LogP) is 3.34. The Morgan fingerprint density at radius 1 is 1.00 bits per heavy atom. The Morgan fingerprint density at radius 2 is 1.60 bits per heavy atom. The molecule has 0 saturated carbocycles. The second-order valence-electron chi connectivity index (χ2n) is 5.12. The predicted molar refractivity (Wildman–Crippen MR) is 76.4 cm³/mol. The van der Waals surface area contributed by atoms with Gasteiger partial charge in [-0.25, -0.2) is 4.79 Å². The van der Waals surface area contributed by atoms with Crippen molar-refractivity contribution in [1.82, 2.24) is 5.06 Å². The maximum absolute atomic E-state index is 11.9. The van der Waals surface area contributed by atoms with E-state index in [4.69, 9.17) is 4.84 Å². The van der Waals surface area contributed by atoms with Gasteiger partial charge in [-0.3, -0.25) is 0 Å². The molecule has 0 aromatic heterocycles. The molecule has 0 spiro atoms. The molecule has 0 N–H and O–H groups in total. The molecule has 1 fully saturated rings. The number of hydrogen-bond acceptors (Lipinski definition) is 3. The van der Waals surface area contributed by atoms with Crippen molar-refractivity contribution in [2.75, 3.05) is 0 Å². The average Bonchev–Trinajstić information content (AvgIpc) is 2.76. The Balaban J connectivity index is 1.87. The fraction of sp³-hybridized carbons (Fsp3) is 0.235. The van der Waals surface area contributed by atoms with Crippen LogP contribution in [-0.4, -0.2) is 11.0 Å². The first-order valence-corrected chi connectivity index (χ1v) is 6.83. The van der Waals surface area contributed by atoms with E-state index in [9.17, 15) is 4.79 Å². The Bertz CT molecular complexity index is 582. The van der Waals surface area contributed by atoms with Gasteiger partial charge in [0.1, 0.15) is 0 Å². The zero-order valence-corrected chi connectivity index (χ0v) is 11.4. The van der Waals surface area contributed by atoms with Gasteiger partial charge < -0.3 is 4.84 Å². The largest absolute Gasteiger partial charge is 0.367 e. The molecule has 102 valence electrons. The Labute approximate surface area is 118 Å². The van der Waals surface area contributed by atoms with Crippen LogP contribution in [0.3, 0.4) is 0 Å². The third kappa shape index (κ3) is 2.45. The van der Waals surface area contributed by atoms with Crippen molar-refractivity contribution >= 4 is 5.97 Å². The van der Waals surface area contributed by atoms with Crippen LogP contribution >= 0.6 is 0 Å². The Hall–Kier alpha value is -2.13. The van der Waals surface area contributed by atoms with Crippen LogP contribution in [-0.2, 0) is 16.2 Å². The van der Waals surface area contributed by atoms with Crippen molar-refractivity contribution in [3.05, 3.63) is 71.8 Å². The minimum atomic E-state index is -0.158. The van der Waals surface area contributed by atoms with E-state index in [1.165, 1.54) is 0 Å². The number of hydrogen-bond donors (Lipinski definition) is 0. The van der Waals surface area contributed by atoms with Gasteiger partial charge in [-0.1, -0.05) is 60.7 Å². The van der Waals surface area contributed by atoms with Crippen molar-refractivity contribution in [2.24, 2.45) is 5.92 Å². The number of carbonyl (C=O) groups excluding carboxylic acids is 1. The summed E-state index contributed by atoms with van der Waals surface area (Å²) in [5.74, 6) is -0.309. The highest BCUT2D eigenvalue weighted by Gasteiger charge is 2.41. The molecule has 0 amide bonds. The number of nitrogens with zero attached hydrogens (tertiary/aromatic N) is 1. The highest BCUT2D eigenvalue weighted by molar-refractivity contribution is 5.74. The lowest BCUT2D eigenvalue weighted by molar-refractivity contribution is -0.178. The first-order valence-electron chi connectivity index (χ1n) is 6.83. The van der Waals surface area contributed by atoms with Gasteiger partial charge in [-0.05, 0) is 18.1 Å². The van der Waals surface area contributed by atoms with Crippen molar-refractivity contribution in [2.45, 2.75) is 19.5 Å². The molecule has 1 aliphatic rings. The SMILES string of the molecule is CC1C(=O)ON(Cc2ccccc2)C1c1ccccc1. The zero-order chi connectivity index (χ0) is 13.9. The normalized spacial score (nSPS) is 22.8. The van der Waals surface area contributed by atoms with Gasteiger partial charge in [0.25, 0.3) is 0 Å². The lowest BCUT2D eigenvalue weighted by atomic mass is 9.95. The molecule has 3 rings (SSSR count). The Morgan fingerprint density at radius 3 is 2.25 bits per heavy atom. The molecule has 1 aliphatic heterocycles. The van der Waals surface area contributed by atoms with Gasteiger partial charge in [-0.15, -0.1) is 5.06 Å². The summed E-state index contributed by atoms with van der Waals surface area (Å²) in [5.41, 5.74) is 2.25. The third-order valence-corrected chi connectivity index (χ3v) is 3.69. The summed E-state index contributed by atoms with van der Waals surface area (Å²) in [5, 5.41) is 1.79. The molecule has 2 unspecified atom stereocenters. The second kappa shape index (κ2) is 5.47. The van der Waals surface area contributed by atoms with Crippen molar-refractivity contribution < 1.29 is 9.63 Å². The molecule has 3 nitrogen and oxygen atoms in total. The van der Waals surface area contributed by atoms with Gasteiger partial charge in [0.2, 0.25) is 0 Å². The molecule has 20 heavy (non-hydrogen) atoms. The molecule has 1 saturated heterocycles. The molecule has 2 aromatic rings. The van der Waals surface area contributed by atoms with E-state index in [1.807, 2.05) is 67.6 Å². The van der Waals surface area contributed by atoms with Crippen molar-refractivity contribution in [1.29, 1.82) is 0 Å². The molecule has 1 heterocycles. The maximum atomic E-state index is 11.9. The van der Waals surface area contributed by atoms with Crippen LogP contribution < -0.4 is 0 Å². The summed E-state index contributed by atoms with van der Waals surface area (Å²) >= 11 is 0. The van der Waals surface area contributed by atoms with Gasteiger partial charge in [0.05, 0.1) is 18.5 Å². The summed E-state index contributed by atoms with van der Waals surface area (Å²) in [6, 6.07) is 20.1. The molecule has 0 aliphatic carbocycles. The minimum absolute atomic E-state index is 0.0242. The maximum Gasteiger partial charge on any atom is 0.329 e. The van der Waals surface area contributed by atoms with E-state index >= 15 is 0 Å². The van der Waals surface area contributed by atoms with E-state index < -0.39 is 0 Å². The van der Waals surface area contributed by atoms with Crippen LogP contribution in [0.5, 0.6) is 0 Å². The number of benzene rings is 2.